The van der Waals surface area contributed by atoms with E-state index in [-0.39, 0.29) is 12.2 Å². The van der Waals surface area contributed by atoms with Gasteiger partial charge in [-0.25, -0.2) is 8.78 Å². The van der Waals surface area contributed by atoms with Crippen LogP contribution in [0.25, 0.3) is 0 Å². The van der Waals surface area contributed by atoms with Crippen LogP contribution in [0.15, 0.2) is 18.2 Å². The Kier molecular flexibility index (Phi) is 3.60. The molecule has 0 fully saturated rings. The predicted molar refractivity (Wildman–Crippen MR) is 48.7 cm³/mol. The van der Waals surface area contributed by atoms with Gasteiger partial charge in [-0.1, -0.05) is 0 Å². The monoisotopic (exact) mass is 216 g/mol. The van der Waals surface area contributed by atoms with Crippen LogP contribution < -0.4 is 4.74 Å². The van der Waals surface area contributed by atoms with Crippen LogP contribution in [-0.2, 0) is 4.79 Å². The largest absolute Gasteiger partial charge is 0.487 e. The molecule has 1 aromatic rings. The number of halogens is 2. The molecule has 0 aliphatic rings. The second kappa shape index (κ2) is 4.72. The second-order valence-corrected chi connectivity index (χ2v) is 3.10. The molecular formula is C10H10F2O3. The summed E-state index contributed by atoms with van der Waals surface area (Å²) >= 11 is 0. The van der Waals surface area contributed by atoms with E-state index in [0.29, 0.717) is 6.07 Å². The van der Waals surface area contributed by atoms with E-state index < -0.39 is 23.7 Å². The first-order chi connectivity index (χ1) is 6.99. The molecule has 1 aromatic carbocycles. The molecule has 0 heterocycles. The van der Waals surface area contributed by atoms with Crippen LogP contribution >= 0.6 is 0 Å². The average molecular weight is 216 g/mol. The molecule has 0 radical (unpaired) electrons. The molecule has 0 amide bonds. The minimum absolute atomic E-state index is 0.148. The Bertz CT molecular complexity index is 366. The fourth-order valence-electron chi connectivity index (χ4n) is 1.08. The smallest absolute Gasteiger partial charge is 0.307 e. The van der Waals surface area contributed by atoms with Crippen molar-refractivity contribution >= 4 is 5.97 Å². The summed E-state index contributed by atoms with van der Waals surface area (Å²) < 4.78 is 30.5. The number of hydrogen-bond acceptors (Lipinski definition) is 2. The maximum atomic E-state index is 13.0. The Morgan fingerprint density at radius 1 is 1.53 bits per heavy atom. The van der Waals surface area contributed by atoms with E-state index in [2.05, 4.69) is 0 Å². The normalized spacial score (nSPS) is 12.2. The van der Waals surface area contributed by atoms with Gasteiger partial charge >= 0.3 is 5.97 Å². The zero-order valence-electron chi connectivity index (χ0n) is 8.04. The maximum Gasteiger partial charge on any atom is 0.307 e. The SMILES string of the molecule is CC(CC(=O)O)Oc1ccc(F)cc1F. The summed E-state index contributed by atoms with van der Waals surface area (Å²) in [5.41, 5.74) is 0. The van der Waals surface area contributed by atoms with Crippen LogP contribution in [0.3, 0.4) is 0 Å². The average Bonchev–Trinajstić information content (AvgIpc) is 2.08. The Balaban J connectivity index is 2.68. The minimum atomic E-state index is -1.04. The first-order valence-electron chi connectivity index (χ1n) is 4.32. The zero-order valence-corrected chi connectivity index (χ0v) is 8.04. The number of benzene rings is 1. The highest BCUT2D eigenvalue weighted by molar-refractivity contribution is 5.67. The molecule has 82 valence electrons. The van der Waals surface area contributed by atoms with Gasteiger partial charge in [0.05, 0.1) is 6.42 Å². The molecule has 0 saturated heterocycles. The van der Waals surface area contributed by atoms with Gasteiger partial charge in [-0.2, -0.15) is 0 Å². The fraction of sp³-hybridized carbons (Fsp3) is 0.300. The highest BCUT2D eigenvalue weighted by atomic mass is 19.1. The summed E-state index contributed by atoms with van der Waals surface area (Å²) in [5.74, 6) is -2.73. The van der Waals surface area contributed by atoms with Crippen LogP contribution in [0.4, 0.5) is 8.78 Å². The van der Waals surface area contributed by atoms with E-state index in [1.54, 1.807) is 0 Å². The molecule has 0 aromatic heterocycles. The molecule has 0 bridgehead atoms. The molecule has 0 aliphatic heterocycles. The van der Waals surface area contributed by atoms with E-state index in [9.17, 15) is 13.6 Å². The van der Waals surface area contributed by atoms with Gasteiger partial charge in [-0.15, -0.1) is 0 Å². The van der Waals surface area contributed by atoms with E-state index in [4.69, 9.17) is 9.84 Å². The molecule has 1 unspecified atom stereocenters. The number of hydrogen-bond donors (Lipinski definition) is 1. The van der Waals surface area contributed by atoms with Gasteiger partial charge in [0.25, 0.3) is 0 Å². The van der Waals surface area contributed by atoms with Crippen LogP contribution in [0.1, 0.15) is 13.3 Å². The van der Waals surface area contributed by atoms with Crippen molar-refractivity contribution in [3.63, 3.8) is 0 Å². The van der Waals surface area contributed by atoms with Crippen molar-refractivity contribution in [2.45, 2.75) is 19.4 Å². The molecule has 5 heteroatoms. The van der Waals surface area contributed by atoms with Crippen LogP contribution in [0.5, 0.6) is 5.75 Å². The van der Waals surface area contributed by atoms with Crippen molar-refractivity contribution in [3.8, 4) is 5.75 Å². The van der Waals surface area contributed by atoms with Gasteiger partial charge in [-0.3, -0.25) is 4.79 Å². The molecule has 15 heavy (non-hydrogen) atoms. The summed E-state index contributed by atoms with van der Waals surface area (Å²) in [6, 6.07) is 2.86. The molecule has 1 atom stereocenters. The highest BCUT2D eigenvalue weighted by Gasteiger charge is 2.12. The van der Waals surface area contributed by atoms with Crippen LogP contribution in [0.2, 0.25) is 0 Å². The molecule has 0 saturated carbocycles. The third kappa shape index (κ3) is 3.53. The third-order valence-corrected chi connectivity index (χ3v) is 1.68. The van der Waals surface area contributed by atoms with E-state index >= 15 is 0 Å². The van der Waals surface area contributed by atoms with Crippen molar-refractivity contribution in [2.24, 2.45) is 0 Å². The molecule has 1 rings (SSSR count). The third-order valence-electron chi connectivity index (χ3n) is 1.68. The lowest BCUT2D eigenvalue weighted by Crippen LogP contribution is -2.17. The lowest BCUT2D eigenvalue weighted by molar-refractivity contribution is -0.138. The fourth-order valence-corrected chi connectivity index (χ4v) is 1.08. The van der Waals surface area contributed by atoms with Gasteiger partial charge in [0, 0.05) is 6.07 Å². The number of ether oxygens (including phenoxy) is 1. The Morgan fingerprint density at radius 3 is 2.73 bits per heavy atom. The van der Waals surface area contributed by atoms with E-state index in [0.717, 1.165) is 12.1 Å². The molecule has 0 spiro atoms. The first kappa shape index (κ1) is 11.4. The van der Waals surface area contributed by atoms with Crippen LogP contribution in [0, 0.1) is 11.6 Å². The Labute approximate surface area is 85.3 Å². The molecule has 3 nitrogen and oxygen atoms in total. The zero-order chi connectivity index (χ0) is 11.4. The van der Waals surface area contributed by atoms with Crippen molar-refractivity contribution in [1.29, 1.82) is 0 Å². The Morgan fingerprint density at radius 2 is 2.20 bits per heavy atom. The van der Waals surface area contributed by atoms with Gasteiger partial charge in [0.15, 0.2) is 11.6 Å². The predicted octanol–water partition coefficient (Wildman–Crippen LogP) is 2.21. The summed E-state index contributed by atoms with van der Waals surface area (Å²) in [6.45, 7) is 1.50. The second-order valence-electron chi connectivity index (χ2n) is 3.10. The van der Waals surface area contributed by atoms with Crippen molar-refractivity contribution in [1.82, 2.24) is 0 Å². The van der Waals surface area contributed by atoms with Gasteiger partial charge in [0.1, 0.15) is 11.9 Å². The maximum absolute atomic E-state index is 13.0. The van der Waals surface area contributed by atoms with Crippen molar-refractivity contribution in [3.05, 3.63) is 29.8 Å². The summed E-state index contributed by atoms with van der Waals surface area (Å²) in [5, 5.41) is 8.44. The van der Waals surface area contributed by atoms with E-state index in [1.807, 2.05) is 0 Å². The number of carboxylic acids is 1. The highest BCUT2D eigenvalue weighted by Crippen LogP contribution is 2.19. The number of aliphatic carboxylic acids is 1. The number of carboxylic acid groups (broad SMARTS) is 1. The summed E-state index contributed by atoms with van der Waals surface area (Å²) in [7, 11) is 0. The van der Waals surface area contributed by atoms with Gasteiger partial charge in [-0.05, 0) is 19.1 Å². The van der Waals surface area contributed by atoms with Gasteiger partial charge in [0.2, 0.25) is 0 Å². The standard InChI is InChI=1S/C10H10F2O3/c1-6(4-10(13)14)15-9-3-2-7(11)5-8(9)12/h2-3,5-6H,4H2,1H3,(H,13,14). The molecule has 0 aliphatic carbocycles. The molecular weight excluding hydrogens is 206 g/mol. The van der Waals surface area contributed by atoms with Crippen LogP contribution in [-0.4, -0.2) is 17.2 Å². The Hall–Kier alpha value is -1.65. The van der Waals surface area contributed by atoms with Crippen molar-refractivity contribution in [2.75, 3.05) is 0 Å². The van der Waals surface area contributed by atoms with Gasteiger partial charge < -0.3 is 9.84 Å². The lowest BCUT2D eigenvalue weighted by atomic mass is 10.2. The number of carbonyl (C=O) groups is 1. The minimum Gasteiger partial charge on any atom is -0.487 e. The van der Waals surface area contributed by atoms with E-state index in [1.165, 1.54) is 6.92 Å². The summed E-state index contributed by atoms with van der Waals surface area (Å²) in [4.78, 5) is 10.3. The quantitative estimate of drug-likeness (QED) is 0.839. The molecule has 1 N–H and O–H groups in total. The van der Waals surface area contributed by atoms with Crippen molar-refractivity contribution < 1.29 is 23.4 Å². The summed E-state index contributed by atoms with van der Waals surface area (Å²) in [6.07, 6.45) is -0.904. The first-order valence-corrected chi connectivity index (χ1v) is 4.32. The topological polar surface area (TPSA) is 46.5 Å². The lowest BCUT2D eigenvalue weighted by Gasteiger charge is -2.12. The number of rotatable bonds is 4.